The first-order valence-corrected chi connectivity index (χ1v) is 8.34. The molecule has 0 aromatic rings. The molecule has 0 heterocycles. The van der Waals surface area contributed by atoms with Gasteiger partial charge in [-0.05, 0) is 32.2 Å². The van der Waals surface area contributed by atoms with Crippen LogP contribution >= 0.6 is 0 Å². The quantitative estimate of drug-likeness (QED) is 0.428. The van der Waals surface area contributed by atoms with E-state index in [-0.39, 0.29) is 0 Å². The summed E-state index contributed by atoms with van der Waals surface area (Å²) in [5, 5.41) is 12.7. The van der Waals surface area contributed by atoms with Crippen molar-refractivity contribution in [2.24, 2.45) is 5.73 Å². The van der Waals surface area contributed by atoms with Crippen molar-refractivity contribution in [3.8, 4) is 0 Å². The lowest BCUT2D eigenvalue weighted by atomic mass is 10.0. The standard InChI is InChI=1S/C16H34N2O2/c1-3-5-7-11-14(10-6-4-2)18-15(16(19)20)12-8-9-13-17/h14-15,18H,3-13,17H2,1-2H3,(H,19,20)/t14?,15-/m0/s1. The fourth-order valence-electron chi connectivity index (χ4n) is 2.46. The number of carboxylic acids is 1. The van der Waals surface area contributed by atoms with Crippen molar-refractivity contribution >= 4 is 5.97 Å². The molecule has 1 unspecified atom stereocenters. The molecule has 4 nitrogen and oxygen atoms in total. The van der Waals surface area contributed by atoms with Gasteiger partial charge in [0.1, 0.15) is 6.04 Å². The highest BCUT2D eigenvalue weighted by molar-refractivity contribution is 5.73. The van der Waals surface area contributed by atoms with Crippen molar-refractivity contribution in [3.63, 3.8) is 0 Å². The van der Waals surface area contributed by atoms with Gasteiger partial charge in [0.05, 0.1) is 0 Å². The number of nitrogens with two attached hydrogens (primary N) is 1. The predicted molar refractivity (Wildman–Crippen MR) is 84.9 cm³/mol. The van der Waals surface area contributed by atoms with Crippen molar-refractivity contribution in [1.82, 2.24) is 5.32 Å². The molecule has 0 radical (unpaired) electrons. The predicted octanol–water partition coefficient (Wildman–Crippen LogP) is 3.30. The summed E-state index contributed by atoms with van der Waals surface area (Å²) in [6.07, 6.45) is 10.6. The molecule has 0 aliphatic rings. The van der Waals surface area contributed by atoms with Crippen LogP contribution in [0.3, 0.4) is 0 Å². The van der Waals surface area contributed by atoms with E-state index in [4.69, 9.17) is 5.73 Å². The van der Waals surface area contributed by atoms with Gasteiger partial charge >= 0.3 is 5.97 Å². The van der Waals surface area contributed by atoms with E-state index in [1.807, 2.05) is 0 Å². The van der Waals surface area contributed by atoms with Crippen molar-refractivity contribution in [2.75, 3.05) is 6.54 Å². The van der Waals surface area contributed by atoms with Crippen LogP contribution in [0.15, 0.2) is 0 Å². The van der Waals surface area contributed by atoms with Crippen LogP contribution in [0.25, 0.3) is 0 Å². The number of hydrogen-bond acceptors (Lipinski definition) is 3. The van der Waals surface area contributed by atoms with Crippen LogP contribution in [0.5, 0.6) is 0 Å². The minimum Gasteiger partial charge on any atom is -0.480 e. The molecule has 4 N–H and O–H groups in total. The Morgan fingerprint density at radius 3 is 2.15 bits per heavy atom. The molecule has 0 bridgehead atoms. The Kier molecular flexibility index (Phi) is 13.0. The first-order valence-electron chi connectivity index (χ1n) is 8.34. The first-order chi connectivity index (χ1) is 9.65. The average Bonchev–Trinajstić information content (AvgIpc) is 2.43. The van der Waals surface area contributed by atoms with Gasteiger partial charge in [0, 0.05) is 6.04 Å². The zero-order chi connectivity index (χ0) is 15.2. The van der Waals surface area contributed by atoms with E-state index in [1.165, 1.54) is 25.7 Å². The van der Waals surface area contributed by atoms with Gasteiger partial charge in [0.15, 0.2) is 0 Å². The van der Waals surface area contributed by atoms with Crippen LogP contribution in [-0.2, 0) is 4.79 Å². The second kappa shape index (κ2) is 13.4. The summed E-state index contributed by atoms with van der Waals surface area (Å²) in [4.78, 5) is 11.3. The van der Waals surface area contributed by atoms with Crippen LogP contribution in [0.1, 0.15) is 78.1 Å². The third kappa shape index (κ3) is 10.2. The molecule has 0 fully saturated rings. The highest BCUT2D eigenvalue weighted by atomic mass is 16.4. The van der Waals surface area contributed by atoms with Crippen molar-refractivity contribution < 1.29 is 9.90 Å². The molecule has 0 spiro atoms. The molecular formula is C16H34N2O2. The number of carbonyl (C=O) groups is 1. The van der Waals surface area contributed by atoms with Gasteiger partial charge in [-0.3, -0.25) is 4.79 Å². The molecule has 0 aromatic heterocycles. The fraction of sp³-hybridized carbons (Fsp3) is 0.938. The summed E-state index contributed by atoms with van der Waals surface area (Å²) >= 11 is 0. The van der Waals surface area contributed by atoms with Crippen molar-refractivity contribution in [2.45, 2.75) is 90.1 Å². The molecule has 0 amide bonds. The Morgan fingerprint density at radius 2 is 1.60 bits per heavy atom. The van der Waals surface area contributed by atoms with Gasteiger partial charge < -0.3 is 16.2 Å². The van der Waals surface area contributed by atoms with E-state index in [2.05, 4.69) is 19.2 Å². The van der Waals surface area contributed by atoms with Crippen LogP contribution in [0.2, 0.25) is 0 Å². The molecule has 0 aliphatic carbocycles. The largest absolute Gasteiger partial charge is 0.480 e. The second-order valence-electron chi connectivity index (χ2n) is 5.68. The van der Waals surface area contributed by atoms with Gasteiger partial charge in [-0.15, -0.1) is 0 Å². The van der Waals surface area contributed by atoms with E-state index in [0.29, 0.717) is 19.0 Å². The minimum absolute atomic E-state index is 0.348. The number of aliphatic carboxylic acids is 1. The highest BCUT2D eigenvalue weighted by Crippen LogP contribution is 2.12. The van der Waals surface area contributed by atoms with E-state index in [9.17, 15) is 9.90 Å². The Morgan fingerprint density at radius 1 is 1.00 bits per heavy atom. The van der Waals surface area contributed by atoms with Crippen LogP contribution < -0.4 is 11.1 Å². The van der Waals surface area contributed by atoms with Crippen molar-refractivity contribution in [1.29, 1.82) is 0 Å². The Bertz CT molecular complexity index is 235. The zero-order valence-corrected chi connectivity index (χ0v) is 13.4. The lowest BCUT2D eigenvalue weighted by Crippen LogP contribution is -2.43. The van der Waals surface area contributed by atoms with Crippen molar-refractivity contribution in [3.05, 3.63) is 0 Å². The summed E-state index contributed by atoms with van der Waals surface area (Å²) in [7, 11) is 0. The Balaban J connectivity index is 4.25. The summed E-state index contributed by atoms with van der Waals surface area (Å²) in [5.41, 5.74) is 5.47. The number of nitrogens with one attached hydrogen (secondary N) is 1. The molecule has 0 saturated heterocycles. The minimum atomic E-state index is -0.723. The number of hydrogen-bond donors (Lipinski definition) is 3. The molecule has 2 atom stereocenters. The van der Waals surface area contributed by atoms with E-state index >= 15 is 0 Å². The maximum absolute atomic E-state index is 11.3. The lowest BCUT2D eigenvalue weighted by molar-refractivity contribution is -0.140. The Hall–Kier alpha value is -0.610. The average molecular weight is 286 g/mol. The molecule has 0 aliphatic heterocycles. The van der Waals surface area contributed by atoms with Gasteiger partial charge in [-0.2, -0.15) is 0 Å². The third-order valence-corrected chi connectivity index (χ3v) is 3.74. The summed E-state index contributed by atoms with van der Waals surface area (Å²) in [5.74, 6) is -0.723. The number of rotatable bonds is 14. The molecule has 0 rings (SSSR count). The molecule has 0 saturated carbocycles. The third-order valence-electron chi connectivity index (χ3n) is 3.74. The summed E-state index contributed by atoms with van der Waals surface area (Å²) < 4.78 is 0. The number of carboxylic acid groups (broad SMARTS) is 1. The zero-order valence-electron chi connectivity index (χ0n) is 13.4. The molecule has 4 heteroatoms. The molecular weight excluding hydrogens is 252 g/mol. The van der Waals surface area contributed by atoms with Gasteiger partial charge in [0.2, 0.25) is 0 Å². The maximum atomic E-state index is 11.3. The van der Waals surface area contributed by atoms with E-state index in [1.54, 1.807) is 0 Å². The molecule has 0 aromatic carbocycles. The SMILES string of the molecule is CCCCCC(CCCC)N[C@@H](CCCCN)C(=O)O. The topological polar surface area (TPSA) is 75.3 Å². The number of unbranched alkanes of at least 4 members (excludes halogenated alkanes) is 4. The van der Waals surface area contributed by atoms with E-state index < -0.39 is 12.0 Å². The second-order valence-corrected chi connectivity index (χ2v) is 5.68. The monoisotopic (exact) mass is 286 g/mol. The smallest absolute Gasteiger partial charge is 0.320 e. The van der Waals surface area contributed by atoms with Crippen LogP contribution in [-0.4, -0.2) is 29.7 Å². The normalized spacial score (nSPS) is 14.2. The molecule has 120 valence electrons. The maximum Gasteiger partial charge on any atom is 0.320 e. The summed E-state index contributed by atoms with van der Waals surface area (Å²) in [6, 6.07) is -0.0643. The van der Waals surface area contributed by atoms with E-state index in [0.717, 1.165) is 32.1 Å². The van der Waals surface area contributed by atoms with Crippen LogP contribution in [0, 0.1) is 0 Å². The summed E-state index contributed by atoms with van der Waals surface area (Å²) in [6.45, 7) is 5.02. The molecule has 20 heavy (non-hydrogen) atoms. The van der Waals surface area contributed by atoms with Gasteiger partial charge in [-0.25, -0.2) is 0 Å². The fourth-order valence-corrected chi connectivity index (χ4v) is 2.46. The van der Waals surface area contributed by atoms with Gasteiger partial charge in [0.25, 0.3) is 0 Å². The first kappa shape index (κ1) is 19.4. The van der Waals surface area contributed by atoms with Crippen LogP contribution in [0.4, 0.5) is 0 Å². The highest BCUT2D eigenvalue weighted by Gasteiger charge is 2.20. The Labute approximate surface area is 124 Å². The lowest BCUT2D eigenvalue weighted by Gasteiger charge is -2.23. The van der Waals surface area contributed by atoms with Gasteiger partial charge in [-0.1, -0.05) is 52.4 Å².